The predicted molar refractivity (Wildman–Crippen MR) is 67.1 cm³/mol. The van der Waals surface area contributed by atoms with Gasteiger partial charge in [-0.25, -0.2) is 8.78 Å². The first-order valence-electron chi connectivity index (χ1n) is 6.04. The van der Waals surface area contributed by atoms with Gasteiger partial charge in [-0.2, -0.15) is 0 Å². The third-order valence-corrected chi connectivity index (χ3v) is 3.37. The molecule has 1 aliphatic rings. The van der Waals surface area contributed by atoms with Gasteiger partial charge in [0.2, 0.25) is 0 Å². The van der Waals surface area contributed by atoms with Crippen LogP contribution in [0.1, 0.15) is 19.8 Å². The summed E-state index contributed by atoms with van der Waals surface area (Å²) in [6, 6.07) is 1.46. The Morgan fingerprint density at radius 2 is 1.84 bits per heavy atom. The summed E-state index contributed by atoms with van der Waals surface area (Å²) in [5, 5.41) is 16.5. The number of non-ortho nitro benzene ring substituents is 1. The summed E-state index contributed by atoms with van der Waals surface area (Å²) in [6.45, 7) is 3.41. The number of piperidine rings is 1. The maximum Gasteiger partial charge on any atom is 0.275 e. The lowest BCUT2D eigenvalue weighted by molar-refractivity contribution is -0.385. The molecule has 0 atom stereocenters. The van der Waals surface area contributed by atoms with Crippen LogP contribution in [-0.2, 0) is 0 Å². The van der Waals surface area contributed by atoms with Crippen molar-refractivity contribution in [3.63, 3.8) is 0 Å². The zero-order valence-corrected chi connectivity index (χ0v) is 10.5. The molecule has 7 heteroatoms. The van der Waals surface area contributed by atoms with Crippen molar-refractivity contribution in [2.24, 2.45) is 0 Å². The van der Waals surface area contributed by atoms with Gasteiger partial charge < -0.3 is 10.6 Å². The van der Waals surface area contributed by atoms with Crippen molar-refractivity contribution in [3.8, 4) is 0 Å². The Balaban J connectivity index is 2.27. The summed E-state index contributed by atoms with van der Waals surface area (Å²) in [5.74, 6) is -1.88. The van der Waals surface area contributed by atoms with Crippen LogP contribution in [0.3, 0.4) is 0 Å². The lowest BCUT2D eigenvalue weighted by atomic mass is 9.90. The molecule has 0 aromatic heterocycles. The number of halogens is 2. The van der Waals surface area contributed by atoms with Crippen LogP contribution in [-0.4, -0.2) is 23.6 Å². The third-order valence-electron chi connectivity index (χ3n) is 3.37. The van der Waals surface area contributed by atoms with Gasteiger partial charge in [-0.1, -0.05) is 0 Å². The van der Waals surface area contributed by atoms with E-state index in [1.807, 2.05) is 6.92 Å². The van der Waals surface area contributed by atoms with Crippen LogP contribution in [0.15, 0.2) is 12.1 Å². The van der Waals surface area contributed by atoms with E-state index >= 15 is 0 Å². The molecule has 2 rings (SSSR count). The van der Waals surface area contributed by atoms with Gasteiger partial charge in [0.1, 0.15) is 5.69 Å². The Morgan fingerprint density at radius 3 is 2.32 bits per heavy atom. The predicted octanol–water partition coefficient (Wildman–Crippen LogP) is 2.43. The van der Waals surface area contributed by atoms with E-state index in [0.29, 0.717) is 0 Å². The number of rotatable bonds is 3. The highest BCUT2D eigenvalue weighted by Crippen LogP contribution is 2.30. The zero-order chi connectivity index (χ0) is 14.0. The Hall–Kier alpha value is -1.76. The quantitative estimate of drug-likeness (QED) is 0.654. The average Bonchev–Trinajstić information content (AvgIpc) is 2.34. The summed E-state index contributed by atoms with van der Waals surface area (Å²) < 4.78 is 27.5. The second kappa shape index (κ2) is 5.08. The summed E-state index contributed by atoms with van der Waals surface area (Å²) in [5.41, 5.74) is -1.30. The lowest BCUT2D eigenvalue weighted by Crippen LogP contribution is -2.45. The Labute approximate surface area is 109 Å². The highest BCUT2D eigenvalue weighted by atomic mass is 19.1. The van der Waals surface area contributed by atoms with Gasteiger partial charge in [0.25, 0.3) is 5.69 Å². The van der Waals surface area contributed by atoms with Crippen molar-refractivity contribution in [1.82, 2.24) is 5.32 Å². The summed E-state index contributed by atoms with van der Waals surface area (Å²) in [6.07, 6.45) is 1.45. The van der Waals surface area contributed by atoms with Gasteiger partial charge in [0, 0.05) is 5.54 Å². The van der Waals surface area contributed by atoms with Gasteiger partial charge >= 0.3 is 0 Å². The van der Waals surface area contributed by atoms with Gasteiger partial charge in [-0.15, -0.1) is 0 Å². The van der Waals surface area contributed by atoms with Crippen LogP contribution in [0.25, 0.3) is 0 Å². The van der Waals surface area contributed by atoms with Gasteiger partial charge in [-0.05, 0) is 32.9 Å². The van der Waals surface area contributed by atoms with Gasteiger partial charge in [0.05, 0.1) is 17.1 Å². The zero-order valence-electron chi connectivity index (χ0n) is 10.5. The highest BCUT2D eigenvalue weighted by molar-refractivity contribution is 5.53. The highest BCUT2D eigenvalue weighted by Gasteiger charge is 2.29. The van der Waals surface area contributed by atoms with E-state index < -0.39 is 27.8 Å². The largest absolute Gasteiger partial charge is 0.375 e. The topological polar surface area (TPSA) is 67.2 Å². The molecule has 0 bridgehead atoms. The summed E-state index contributed by atoms with van der Waals surface area (Å²) in [4.78, 5) is 9.70. The molecule has 104 valence electrons. The number of anilines is 1. The molecule has 1 aromatic rings. The average molecular weight is 271 g/mol. The van der Waals surface area contributed by atoms with Crippen LogP contribution in [0.4, 0.5) is 20.2 Å². The number of nitrogens with one attached hydrogen (secondary N) is 2. The molecule has 0 amide bonds. The van der Waals surface area contributed by atoms with Crippen LogP contribution in [0.5, 0.6) is 0 Å². The molecule has 1 fully saturated rings. The maximum atomic E-state index is 13.8. The molecular weight excluding hydrogens is 256 g/mol. The number of hydrogen-bond donors (Lipinski definition) is 2. The Kier molecular flexibility index (Phi) is 3.66. The minimum atomic E-state index is -0.938. The van der Waals surface area contributed by atoms with Crippen LogP contribution >= 0.6 is 0 Å². The number of nitro groups is 1. The first kappa shape index (κ1) is 13.7. The fourth-order valence-electron chi connectivity index (χ4n) is 2.19. The molecule has 0 saturated carbocycles. The molecule has 1 aromatic carbocycles. The summed E-state index contributed by atoms with van der Waals surface area (Å²) in [7, 11) is 0. The summed E-state index contributed by atoms with van der Waals surface area (Å²) >= 11 is 0. The second-order valence-electron chi connectivity index (χ2n) is 4.98. The number of hydrogen-bond acceptors (Lipinski definition) is 4. The standard InChI is InChI=1S/C12H15F2N3O2/c1-12(2-4-15-5-3-12)16-11-9(13)6-8(17(18)19)7-10(11)14/h6-7,15-16H,2-5H2,1H3. The van der Waals surface area contributed by atoms with Crippen molar-refractivity contribution in [3.05, 3.63) is 33.9 Å². The number of benzene rings is 1. The monoisotopic (exact) mass is 271 g/mol. The van der Waals surface area contributed by atoms with Crippen molar-refractivity contribution < 1.29 is 13.7 Å². The minimum Gasteiger partial charge on any atom is -0.375 e. The van der Waals surface area contributed by atoms with E-state index in [0.717, 1.165) is 38.1 Å². The van der Waals surface area contributed by atoms with E-state index in [1.54, 1.807) is 0 Å². The van der Waals surface area contributed by atoms with Crippen LogP contribution < -0.4 is 10.6 Å². The first-order valence-corrected chi connectivity index (χ1v) is 6.04. The van der Waals surface area contributed by atoms with Crippen molar-refractivity contribution in [1.29, 1.82) is 0 Å². The third kappa shape index (κ3) is 2.98. The molecule has 2 N–H and O–H groups in total. The second-order valence-corrected chi connectivity index (χ2v) is 4.98. The molecule has 1 heterocycles. The Bertz CT molecular complexity index is 479. The van der Waals surface area contributed by atoms with Crippen LogP contribution in [0.2, 0.25) is 0 Å². The molecular formula is C12H15F2N3O2. The molecule has 0 spiro atoms. The lowest BCUT2D eigenvalue weighted by Gasteiger charge is -2.36. The molecule has 0 radical (unpaired) electrons. The Morgan fingerprint density at radius 1 is 1.32 bits per heavy atom. The molecule has 19 heavy (non-hydrogen) atoms. The SMILES string of the molecule is CC1(Nc2c(F)cc([N+](=O)[O-])cc2F)CCNCC1. The van der Waals surface area contributed by atoms with Crippen molar-refractivity contribution >= 4 is 11.4 Å². The first-order chi connectivity index (χ1) is 8.91. The van der Waals surface area contributed by atoms with E-state index in [-0.39, 0.29) is 5.69 Å². The fourth-order valence-corrected chi connectivity index (χ4v) is 2.19. The molecule has 1 saturated heterocycles. The van der Waals surface area contributed by atoms with Gasteiger partial charge in [-0.3, -0.25) is 10.1 Å². The molecule has 1 aliphatic heterocycles. The maximum absolute atomic E-state index is 13.8. The molecule has 0 unspecified atom stereocenters. The fraction of sp³-hybridized carbons (Fsp3) is 0.500. The number of nitro benzene ring substituents is 1. The van der Waals surface area contributed by atoms with E-state index in [9.17, 15) is 18.9 Å². The minimum absolute atomic E-state index is 0.296. The normalized spacial score (nSPS) is 18.1. The molecule has 0 aliphatic carbocycles. The smallest absolute Gasteiger partial charge is 0.275 e. The number of nitrogens with zero attached hydrogens (tertiary/aromatic N) is 1. The van der Waals surface area contributed by atoms with Crippen LogP contribution in [0, 0.1) is 21.7 Å². The van der Waals surface area contributed by atoms with E-state index in [1.165, 1.54) is 0 Å². The van der Waals surface area contributed by atoms with E-state index in [2.05, 4.69) is 10.6 Å². The van der Waals surface area contributed by atoms with Crippen molar-refractivity contribution in [2.45, 2.75) is 25.3 Å². The molecule has 5 nitrogen and oxygen atoms in total. The van der Waals surface area contributed by atoms with Crippen molar-refractivity contribution in [2.75, 3.05) is 18.4 Å². The van der Waals surface area contributed by atoms with Gasteiger partial charge in [0.15, 0.2) is 11.6 Å². The van der Waals surface area contributed by atoms with E-state index in [4.69, 9.17) is 0 Å².